The van der Waals surface area contributed by atoms with Crippen LogP contribution >= 0.6 is 0 Å². The Bertz CT molecular complexity index is 366. The van der Waals surface area contributed by atoms with Gasteiger partial charge in [0.25, 0.3) is 0 Å². The summed E-state index contributed by atoms with van der Waals surface area (Å²) in [5, 5.41) is 0. The van der Waals surface area contributed by atoms with Gasteiger partial charge in [0.15, 0.2) is 0 Å². The van der Waals surface area contributed by atoms with E-state index in [1.807, 2.05) is 0 Å². The standard InChI is InChI=1S/C11H14F6N2/c1-2-3-4-5-7-9(10(12,13)14,11(15,16)17)6-8(18)19-7/h2-3,8H,4-6,18H2,1H3/b3-2+. The summed E-state index contributed by atoms with van der Waals surface area (Å²) in [6.07, 6.45) is -10.9. The summed E-state index contributed by atoms with van der Waals surface area (Å²) in [7, 11) is 0. The molecule has 0 radical (unpaired) electrons. The lowest BCUT2D eigenvalue weighted by molar-refractivity contribution is -0.312. The Labute approximate surface area is 106 Å². The Hall–Kier alpha value is -1.05. The minimum atomic E-state index is -5.45. The van der Waals surface area contributed by atoms with Crippen molar-refractivity contribution in [3.63, 3.8) is 0 Å². The van der Waals surface area contributed by atoms with Crippen LogP contribution in [0.1, 0.15) is 26.2 Å². The maximum absolute atomic E-state index is 13.0. The van der Waals surface area contributed by atoms with Crippen LogP contribution in [-0.2, 0) is 0 Å². The summed E-state index contributed by atoms with van der Waals surface area (Å²) >= 11 is 0. The minimum Gasteiger partial charge on any atom is -0.310 e. The molecule has 110 valence electrons. The van der Waals surface area contributed by atoms with Crippen LogP contribution in [0.3, 0.4) is 0 Å². The molecule has 1 aliphatic heterocycles. The Balaban J connectivity index is 3.19. The molecule has 0 aromatic carbocycles. The van der Waals surface area contributed by atoms with Crippen molar-refractivity contribution < 1.29 is 26.3 Å². The normalized spacial score (nSPS) is 24.0. The molecule has 0 aromatic heterocycles. The molecule has 1 rings (SSSR count). The van der Waals surface area contributed by atoms with Crippen LogP contribution in [0, 0.1) is 5.41 Å². The number of nitrogens with zero attached hydrogens (tertiary/aromatic N) is 1. The van der Waals surface area contributed by atoms with Gasteiger partial charge in [-0.05, 0) is 19.8 Å². The molecular weight excluding hydrogens is 274 g/mol. The Morgan fingerprint density at radius 1 is 1.26 bits per heavy atom. The van der Waals surface area contributed by atoms with Crippen molar-refractivity contribution in [2.75, 3.05) is 0 Å². The predicted octanol–water partition coefficient (Wildman–Crippen LogP) is 3.58. The van der Waals surface area contributed by atoms with Crippen LogP contribution in [0.4, 0.5) is 26.3 Å². The van der Waals surface area contributed by atoms with E-state index in [1.165, 1.54) is 6.08 Å². The number of allylic oxidation sites excluding steroid dienone is 2. The van der Waals surface area contributed by atoms with E-state index in [4.69, 9.17) is 5.73 Å². The second-order valence-electron chi connectivity index (χ2n) is 4.36. The highest BCUT2D eigenvalue weighted by Gasteiger charge is 2.74. The molecule has 0 aromatic rings. The van der Waals surface area contributed by atoms with Crippen LogP contribution in [0.15, 0.2) is 17.1 Å². The topological polar surface area (TPSA) is 38.4 Å². The fraction of sp³-hybridized carbons (Fsp3) is 0.727. The third-order valence-electron chi connectivity index (χ3n) is 3.08. The first-order chi connectivity index (χ1) is 8.56. The number of hydrogen-bond donors (Lipinski definition) is 1. The lowest BCUT2D eigenvalue weighted by atomic mass is 9.77. The van der Waals surface area contributed by atoms with Crippen LogP contribution < -0.4 is 5.73 Å². The van der Waals surface area contributed by atoms with Crippen molar-refractivity contribution >= 4 is 5.71 Å². The molecule has 2 N–H and O–H groups in total. The average Bonchev–Trinajstić information content (AvgIpc) is 2.55. The first-order valence-electron chi connectivity index (χ1n) is 5.63. The number of nitrogens with two attached hydrogens (primary N) is 1. The first kappa shape index (κ1) is 16.0. The van der Waals surface area contributed by atoms with Gasteiger partial charge in [-0.2, -0.15) is 26.3 Å². The third kappa shape index (κ3) is 2.77. The van der Waals surface area contributed by atoms with Crippen molar-refractivity contribution in [2.24, 2.45) is 16.1 Å². The maximum atomic E-state index is 13.0. The molecule has 0 fully saturated rings. The fourth-order valence-corrected chi connectivity index (χ4v) is 2.17. The zero-order valence-corrected chi connectivity index (χ0v) is 10.1. The molecule has 1 unspecified atom stereocenters. The Morgan fingerprint density at radius 3 is 2.21 bits per heavy atom. The van der Waals surface area contributed by atoms with Crippen molar-refractivity contribution in [1.82, 2.24) is 0 Å². The minimum absolute atomic E-state index is 0.0654. The SMILES string of the molecule is C/C=C/CCC1=NC(N)CC1(C(F)(F)F)C(F)(F)F. The smallest absolute Gasteiger partial charge is 0.310 e. The second kappa shape index (κ2) is 5.15. The first-order valence-corrected chi connectivity index (χ1v) is 5.63. The van der Waals surface area contributed by atoms with E-state index in [9.17, 15) is 26.3 Å². The molecule has 1 aliphatic rings. The molecule has 0 bridgehead atoms. The molecule has 2 nitrogen and oxygen atoms in total. The second-order valence-corrected chi connectivity index (χ2v) is 4.36. The highest BCUT2D eigenvalue weighted by molar-refractivity contribution is 5.93. The largest absolute Gasteiger partial charge is 0.408 e. The zero-order valence-electron chi connectivity index (χ0n) is 10.1. The summed E-state index contributed by atoms with van der Waals surface area (Å²) < 4.78 is 77.8. The van der Waals surface area contributed by atoms with E-state index in [1.54, 1.807) is 13.0 Å². The van der Waals surface area contributed by atoms with Crippen molar-refractivity contribution in [3.05, 3.63) is 12.2 Å². The number of rotatable bonds is 3. The third-order valence-corrected chi connectivity index (χ3v) is 3.08. The lowest BCUT2D eigenvalue weighted by Crippen LogP contribution is -2.54. The molecular formula is C11H14F6N2. The van der Waals surface area contributed by atoms with Crippen molar-refractivity contribution in [3.8, 4) is 0 Å². The molecule has 1 atom stereocenters. The summed E-state index contributed by atoms with van der Waals surface area (Å²) in [4.78, 5) is 3.37. The van der Waals surface area contributed by atoms with Gasteiger partial charge in [-0.25, -0.2) is 0 Å². The predicted molar refractivity (Wildman–Crippen MR) is 58.6 cm³/mol. The van der Waals surface area contributed by atoms with Crippen molar-refractivity contribution in [1.29, 1.82) is 0 Å². The van der Waals surface area contributed by atoms with Gasteiger partial charge in [0.1, 0.15) is 0 Å². The molecule has 1 heterocycles. The van der Waals surface area contributed by atoms with Crippen LogP contribution in [0.2, 0.25) is 0 Å². The van der Waals surface area contributed by atoms with E-state index in [-0.39, 0.29) is 6.42 Å². The quantitative estimate of drug-likeness (QED) is 0.625. The van der Waals surface area contributed by atoms with E-state index in [0.29, 0.717) is 0 Å². The number of hydrogen-bond acceptors (Lipinski definition) is 2. The van der Waals surface area contributed by atoms with Gasteiger partial charge < -0.3 is 5.73 Å². The highest BCUT2D eigenvalue weighted by atomic mass is 19.4. The van der Waals surface area contributed by atoms with Gasteiger partial charge in [0, 0.05) is 12.1 Å². The number of aliphatic imine (C=N–C) groups is 1. The molecule has 0 amide bonds. The van der Waals surface area contributed by atoms with E-state index < -0.39 is 42.5 Å². The average molecular weight is 288 g/mol. The van der Waals surface area contributed by atoms with Crippen LogP contribution in [-0.4, -0.2) is 24.2 Å². The van der Waals surface area contributed by atoms with E-state index in [0.717, 1.165) is 0 Å². The zero-order chi connectivity index (χ0) is 14.9. The summed E-state index contributed by atoms with van der Waals surface area (Å²) in [6.45, 7) is 1.63. The summed E-state index contributed by atoms with van der Waals surface area (Å²) in [6, 6.07) is 0. The summed E-state index contributed by atoms with van der Waals surface area (Å²) in [5.41, 5.74) is 0.373. The van der Waals surface area contributed by atoms with Gasteiger partial charge >= 0.3 is 12.4 Å². The Morgan fingerprint density at radius 2 is 1.79 bits per heavy atom. The van der Waals surface area contributed by atoms with E-state index in [2.05, 4.69) is 4.99 Å². The van der Waals surface area contributed by atoms with Gasteiger partial charge in [0.2, 0.25) is 5.41 Å². The number of halogens is 6. The molecule has 0 saturated heterocycles. The van der Waals surface area contributed by atoms with Gasteiger partial charge in [-0.3, -0.25) is 4.99 Å². The van der Waals surface area contributed by atoms with Gasteiger partial charge in [-0.1, -0.05) is 12.2 Å². The fourth-order valence-electron chi connectivity index (χ4n) is 2.17. The lowest BCUT2D eigenvalue weighted by Gasteiger charge is -2.35. The number of alkyl halides is 6. The highest BCUT2D eigenvalue weighted by Crippen LogP contribution is 2.57. The monoisotopic (exact) mass is 288 g/mol. The molecule has 0 aliphatic carbocycles. The Kier molecular flexibility index (Phi) is 4.33. The molecule has 8 heteroatoms. The molecule has 0 spiro atoms. The van der Waals surface area contributed by atoms with Crippen LogP contribution in [0.5, 0.6) is 0 Å². The van der Waals surface area contributed by atoms with Gasteiger partial charge in [-0.15, -0.1) is 0 Å². The van der Waals surface area contributed by atoms with Gasteiger partial charge in [0.05, 0.1) is 6.17 Å². The summed E-state index contributed by atoms with van der Waals surface area (Å²) in [5.74, 6) is 0. The van der Waals surface area contributed by atoms with Crippen LogP contribution in [0.25, 0.3) is 0 Å². The maximum Gasteiger partial charge on any atom is 0.408 e. The molecule has 19 heavy (non-hydrogen) atoms. The molecule has 0 saturated carbocycles. The van der Waals surface area contributed by atoms with Crippen molar-refractivity contribution in [2.45, 2.75) is 44.7 Å². The van der Waals surface area contributed by atoms with E-state index >= 15 is 0 Å².